The highest BCUT2D eigenvalue weighted by molar-refractivity contribution is 8.26. The summed E-state index contributed by atoms with van der Waals surface area (Å²) in [5.74, 6) is -3.41. The monoisotopic (exact) mass is 481 g/mol. The highest BCUT2D eigenvalue weighted by Crippen LogP contribution is 2.62. The maximum absolute atomic E-state index is 13.4. The van der Waals surface area contributed by atoms with Crippen LogP contribution in [0.2, 0.25) is 0 Å². The van der Waals surface area contributed by atoms with Crippen molar-refractivity contribution in [1.29, 1.82) is 0 Å². The van der Waals surface area contributed by atoms with Crippen LogP contribution in [0.1, 0.15) is 31.4 Å². The van der Waals surface area contributed by atoms with E-state index in [1.54, 1.807) is 12.1 Å². The van der Waals surface area contributed by atoms with Crippen molar-refractivity contribution in [3.05, 3.63) is 36.6 Å². The Balaban J connectivity index is 1.27. The van der Waals surface area contributed by atoms with Gasteiger partial charge in [-0.3, -0.25) is 13.9 Å². The van der Waals surface area contributed by atoms with E-state index in [0.29, 0.717) is 30.0 Å². The second-order valence-corrected chi connectivity index (χ2v) is 10.6. The number of nitrogens with one attached hydrogen (secondary N) is 1. The number of pyridine rings is 1. The lowest BCUT2D eigenvalue weighted by Gasteiger charge is -2.41. The lowest BCUT2D eigenvalue weighted by atomic mass is 9.93. The van der Waals surface area contributed by atoms with Crippen molar-refractivity contribution < 1.29 is 22.7 Å². The summed E-state index contributed by atoms with van der Waals surface area (Å²) in [6, 6.07) is 3.49. The molecule has 0 bridgehead atoms. The number of nitrogens with zero attached hydrogens (tertiary/aromatic N) is 6. The highest BCUT2D eigenvalue weighted by Gasteiger charge is 2.59. The van der Waals surface area contributed by atoms with Crippen LogP contribution in [-0.2, 0) is 11.3 Å². The molecule has 5 rings (SSSR count). The molecular weight excluding hydrogens is 456 g/mol. The Morgan fingerprint density at radius 1 is 1.36 bits per heavy atom. The molecular formula is C20H25F2N7O3S. The number of aromatic nitrogens is 4. The van der Waals surface area contributed by atoms with E-state index in [1.807, 2.05) is 6.08 Å². The molecule has 3 heterocycles. The van der Waals surface area contributed by atoms with Crippen LogP contribution in [0, 0.1) is 5.92 Å². The highest BCUT2D eigenvalue weighted by atomic mass is 32.3. The Morgan fingerprint density at radius 3 is 2.79 bits per heavy atom. The van der Waals surface area contributed by atoms with Gasteiger partial charge >= 0.3 is 0 Å². The van der Waals surface area contributed by atoms with Crippen LogP contribution < -0.4 is 13.9 Å². The van der Waals surface area contributed by atoms with Gasteiger partial charge in [0.25, 0.3) is 5.92 Å². The van der Waals surface area contributed by atoms with Gasteiger partial charge in [-0.25, -0.2) is 32.0 Å². The third-order valence-electron chi connectivity index (χ3n) is 6.30. The summed E-state index contributed by atoms with van der Waals surface area (Å²) in [6.45, 7) is -0.0200. The molecule has 2 atom stereocenters. The van der Waals surface area contributed by atoms with Crippen LogP contribution in [0.5, 0.6) is 0 Å². The van der Waals surface area contributed by atoms with Crippen molar-refractivity contribution in [1.82, 2.24) is 25.1 Å². The molecule has 10 nitrogen and oxygen atoms in total. The number of allylic oxidation sites excluding steroid dienone is 1. The Bertz CT molecular complexity index is 1100. The number of rotatable bonds is 6. The van der Waals surface area contributed by atoms with Crippen molar-refractivity contribution >= 4 is 33.9 Å². The number of hydrogen-bond acceptors (Lipinski definition) is 8. The van der Waals surface area contributed by atoms with E-state index in [0.717, 1.165) is 12.0 Å². The molecule has 3 aliphatic rings. The summed E-state index contributed by atoms with van der Waals surface area (Å²) < 4.78 is 52.1. The SMILES string of the molecule is CN1c2nc(C3=CCC(NC(=O)Cn4cncn4)CC3)ccc2N(CC2CC2(F)F)S1(O)O. The van der Waals surface area contributed by atoms with Crippen LogP contribution in [0.15, 0.2) is 30.9 Å². The molecule has 0 saturated heterocycles. The Morgan fingerprint density at radius 2 is 2.15 bits per heavy atom. The van der Waals surface area contributed by atoms with E-state index in [-0.39, 0.29) is 31.5 Å². The van der Waals surface area contributed by atoms with E-state index in [1.165, 1.54) is 33.0 Å². The average molecular weight is 482 g/mol. The molecule has 3 N–H and O–H groups in total. The van der Waals surface area contributed by atoms with Crippen molar-refractivity contribution in [2.75, 3.05) is 22.2 Å². The lowest BCUT2D eigenvalue weighted by Crippen LogP contribution is -2.37. The maximum Gasteiger partial charge on any atom is 0.253 e. The van der Waals surface area contributed by atoms with Crippen LogP contribution in [-0.4, -0.2) is 60.3 Å². The number of carbonyl (C=O) groups excluding carboxylic acids is 1. The van der Waals surface area contributed by atoms with Gasteiger partial charge in [0.05, 0.1) is 5.69 Å². The first-order valence-corrected chi connectivity index (χ1v) is 12.1. The number of halogens is 2. The fourth-order valence-electron chi connectivity index (χ4n) is 4.24. The van der Waals surface area contributed by atoms with Crippen molar-refractivity contribution in [3.8, 4) is 0 Å². The molecule has 178 valence electrons. The molecule has 2 unspecified atom stereocenters. The van der Waals surface area contributed by atoms with Gasteiger partial charge < -0.3 is 5.32 Å². The number of hydrogen-bond donors (Lipinski definition) is 3. The van der Waals surface area contributed by atoms with Crippen LogP contribution >= 0.6 is 11.0 Å². The summed E-state index contributed by atoms with van der Waals surface area (Å²) in [6.07, 6.45) is 6.72. The molecule has 13 heteroatoms. The van der Waals surface area contributed by atoms with Gasteiger partial charge in [0.1, 0.15) is 24.9 Å². The quantitative estimate of drug-likeness (QED) is 0.576. The summed E-state index contributed by atoms with van der Waals surface area (Å²) in [5.41, 5.74) is 2.14. The molecule has 1 saturated carbocycles. The molecule has 2 aliphatic carbocycles. The first kappa shape index (κ1) is 22.0. The van der Waals surface area contributed by atoms with E-state index in [9.17, 15) is 22.7 Å². The zero-order valence-electron chi connectivity index (χ0n) is 17.9. The first-order chi connectivity index (χ1) is 15.6. The summed E-state index contributed by atoms with van der Waals surface area (Å²) >= 11 is 0. The zero-order valence-corrected chi connectivity index (χ0v) is 18.8. The predicted octanol–water partition coefficient (Wildman–Crippen LogP) is 2.92. The second kappa shape index (κ2) is 7.92. The number of fused-ring (bicyclic) bond motifs is 1. The molecule has 33 heavy (non-hydrogen) atoms. The minimum Gasteiger partial charge on any atom is -0.351 e. The van der Waals surface area contributed by atoms with Crippen molar-refractivity contribution in [3.63, 3.8) is 0 Å². The average Bonchev–Trinajstić information content (AvgIpc) is 3.08. The van der Waals surface area contributed by atoms with Gasteiger partial charge in [0.15, 0.2) is 5.82 Å². The van der Waals surface area contributed by atoms with Gasteiger partial charge in [0.2, 0.25) is 5.91 Å². The normalized spacial score (nSPS) is 25.9. The lowest BCUT2D eigenvalue weighted by molar-refractivity contribution is -0.122. The standard InChI is InChI=1S/C20H25F2N7O3S/c1-27-19-17(29(33(27,31)32)9-14-8-20(14,21)22)7-6-16(26-19)13-2-4-15(5-3-13)25-18(30)10-28-12-23-11-24-28/h2,6-7,11-12,14-15,31-32H,3-5,8-10H2,1H3,(H,25,30). The summed E-state index contributed by atoms with van der Waals surface area (Å²) in [4.78, 5) is 20.6. The molecule has 0 radical (unpaired) electrons. The maximum atomic E-state index is 13.4. The van der Waals surface area contributed by atoms with Crippen LogP contribution in [0.25, 0.3) is 5.57 Å². The van der Waals surface area contributed by atoms with Gasteiger partial charge in [-0.1, -0.05) is 6.08 Å². The van der Waals surface area contributed by atoms with Crippen LogP contribution in [0.4, 0.5) is 20.3 Å². The van der Waals surface area contributed by atoms with Gasteiger partial charge in [-0.15, -0.1) is 0 Å². The molecule has 2 aromatic rings. The van der Waals surface area contributed by atoms with E-state index in [4.69, 9.17) is 0 Å². The molecule has 1 amide bonds. The minimum absolute atomic E-state index is 0.00421. The smallest absolute Gasteiger partial charge is 0.253 e. The number of anilines is 2. The molecule has 1 fully saturated rings. The predicted molar refractivity (Wildman–Crippen MR) is 120 cm³/mol. The van der Waals surface area contributed by atoms with Crippen LogP contribution in [0.3, 0.4) is 0 Å². The van der Waals surface area contributed by atoms with Crippen molar-refractivity contribution in [2.24, 2.45) is 5.92 Å². The summed E-state index contributed by atoms with van der Waals surface area (Å²) in [7, 11) is -1.92. The number of alkyl halides is 2. The number of amides is 1. The van der Waals surface area contributed by atoms with Crippen molar-refractivity contribution in [2.45, 2.75) is 44.2 Å². The third-order valence-corrected chi connectivity index (χ3v) is 8.15. The Hall–Kier alpha value is -2.77. The molecule has 0 spiro atoms. The topological polar surface area (TPSA) is 120 Å². The Kier molecular flexibility index (Phi) is 5.29. The first-order valence-electron chi connectivity index (χ1n) is 10.6. The van der Waals surface area contributed by atoms with Gasteiger partial charge in [-0.2, -0.15) is 5.10 Å². The van der Waals surface area contributed by atoms with E-state index in [2.05, 4.69) is 20.4 Å². The van der Waals surface area contributed by atoms with E-state index < -0.39 is 22.8 Å². The molecule has 0 aromatic carbocycles. The van der Waals surface area contributed by atoms with E-state index >= 15 is 0 Å². The third kappa shape index (κ3) is 4.15. The number of carbonyl (C=O) groups is 1. The van der Waals surface area contributed by atoms with Gasteiger partial charge in [0, 0.05) is 32.0 Å². The fourth-order valence-corrected chi connectivity index (χ4v) is 5.69. The zero-order chi connectivity index (χ0) is 23.4. The molecule has 1 aliphatic heterocycles. The fraction of sp³-hybridized carbons (Fsp3) is 0.500. The van der Waals surface area contributed by atoms with Gasteiger partial charge in [-0.05, 0) is 47.9 Å². The minimum atomic E-state index is -3.43. The summed E-state index contributed by atoms with van der Waals surface area (Å²) in [5, 5.41) is 6.92. The Labute approximate surface area is 190 Å². The molecule has 2 aromatic heterocycles. The largest absolute Gasteiger partial charge is 0.351 e. The second-order valence-electron chi connectivity index (χ2n) is 8.61.